The Labute approximate surface area is 207 Å². The van der Waals surface area contributed by atoms with Gasteiger partial charge in [0.25, 0.3) is 0 Å². The van der Waals surface area contributed by atoms with Crippen LogP contribution in [0.4, 0.5) is 4.79 Å². The zero-order valence-corrected chi connectivity index (χ0v) is 21.1. The molecule has 2 aromatic rings. The van der Waals surface area contributed by atoms with E-state index in [0.717, 1.165) is 22.3 Å². The Bertz CT molecular complexity index is 1030. The number of carbonyl (C=O) groups excluding carboxylic acids is 2. The van der Waals surface area contributed by atoms with Crippen LogP contribution in [0.5, 0.6) is 0 Å². The molecule has 1 aliphatic carbocycles. The minimum absolute atomic E-state index is 0.0477. The van der Waals surface area contributed by atoms with Crippen molar-refractivity contribution in [2.75, 3.05) is 6.61 Å². The van der Waals surface area contributed by atoms with Crippen molar-refractivity contribution >= 4 is 18.0 Å². The summed E-state index contributed by atoms with van der Waals surface area (Å²) in [6, 6.07) is 14.7. The minimum atomic E-state index is -1.07. The summed E-state index contributed by atoms with van der Waals surface area (Å²) < 4.78 is 5.65. The first-order chi connectivity index (χ1) is 16.5. The number of alkyl carbamates (subject to hydrolysis) is 1. The standard InChI is InChI=1S/C28H36N2O5/c1-6-17(2)25(26(32)33)30-24(31)15-23(28(3,4)5)29-27(34)35-16-22-20-13-9-7-11-18(20)19-12-8-10-14-21(19)22/h7-14,17,22-23,25H,6,15-16H2,1-5H3,(H,29,34)(H,30,31)(H,32,33)/t17?,23?,25-/m0/s1. The van der Waals surface area contributed by atoms with Crippen molar-refractivity contribution < 1.29 is 24.2 Å². The third-order valence-corrected chi connectivity index (χ3v) is 6.87. The van der Waals surface area contributed by atoms with Gasteiger partial charge in [0.2, 0.25) is 5.91 Å². The molecule has 0 aliphatic heterocycles. The third kappa shape index (κ3) is 6.21. The van der Waals surface area contributed by atoms with E-state index in [9.17, 15) is 19.5 Å². The fraction of sp³-hybridized carbons (Fsp3) is 0.464. The molecular formula is C28H36N2O5. The molecule has 2 amide bonds. The van der Waals surface area contributed by atoms with Gasteiger partial charge in [0.05, 0.1) is 0 Å². The molecule has 3 N–H and O–H groups in total. The smallest absolute Gasteiger partial charge is 0.407 e. The summed E-state index contributed by atoms with van der Waals surface area (Å²) in [5.74, 6) is -1.75. The minimum Gasteiger partial charge on any atom is -0.480 e. The van der Waals surface area contributed by atoms with Gasteiger partial charge >= 0.3 is 12.1 Å². The van der Waals surface area contributed by atoms with Crippen molar-refractivity contribution in [2.45, 2.75) is 65.5 Å². The summed E-state index contributed by atoms with van der Waals surface area (Å²) in [6.45, 7) is 9.59. The Balaban J connectivity index is 1.65. The van der Waals surface area contributed by atoms with Crippen molar-refractivity contribution in [3.05, 3.63) is 59.7 Å². The van der Waals surface area contributed by atoms with Crippen LogP contribution in [0, 0.1) is 11.3 Å². The molecule has 188 valence electrons. The Morgan fingerprint density at radius 3 is 2.00 bits per heavy atom. The molecule has 0 radical (unpaired) electrons. The second-order valence-corrected chi connectivity index (χ2v) is 10.4. The molecule has 7 heteroatoms. The molecule has 0 spiro atoms. The summed E-state index contributed by atoms with van der Waals surface area (Å²) in [5, 5.41) is 14.9. The number of nitrogens with one attached hydrogen (secondary N) is 2. The largest absolute Gasteiger partial charge is 0.480 e. The number of aliphatic carboxylic acids is 1. The van der Waals surface area contributed by atoms with Crippen LogP contribution in [0.15, 0.2) is 48.5 Å². The lowest BCUT2D eigenvalue weighted by atomic mass is 9.84. The molecule has 0 saturated carbocycles. The monoisotopic (exact) mass is 480 g/mol. The van der Waals surface area contributed by atoms with Crippen LogP contribution in [-0.2, 0) is 14.3 Å². The highest BCUT2D eigenvalue weighted by atomic mass is 16.5. The Kier molecular flexibility index (Phi) is 8.20. The second-order valence-electron chi connectivity index (χ2n) is 10.4. The van der Waals surface area contributed by atoms with Crippen LogP contribution in [-0.4, -0.2) is 41.8 Å². The average Bonchev–Trinajstić information content (AvgIpc) is 3.13. The molecule has 2 aromatic carbocycles. The SMILES string of the molecule is CCC(C)[C@H](NC(=O)CC(NC(=O)OCC1c2ccccc2-c2ccccc21)C(C)(C)C)C(=O)O. The number of hydrogen-bond acceptors (Lipinski definition) is 4. The predicted molar refractivity (Wildman–Crippen MR) is 135 cm³/mol. The van der Waals surface area contributed by atoms with Gasteiger partial charge in [0.15, 0.2) is 0 Å². The van der Waals surface area contributed by atoms with Gasteiger partial charge in [-0.2, -0.15) is 0 Å². The van der Waals surface area contributed by atoms with Gasteiger partial charge in [-0.15, -0.1) is 0 Å². The Morgan fingerprint density at radius 1 is 0.971 bits per heavy atom. The average molecular weight is 481 g/mol. The van der Waals surface area contributed by atoms with E-state index < -0.39 is 35.5 Å². The van der Waals surface area contributed by atoms with Crippen LogP contribution in [0.25, 0.3) is 11.1 Å². The first kappa shape index (κ1) is 26.3. The number of carbonyl (C=O) groups is 3. The number of amides is 2. The lowest BCUT2D eigenvalue weighted by Gasteiger charge is -2.31. The number of rotatable bonds is 9. The quantitative estimate of drug-likeness (QED) is 0.471. The topological polar surface area (TPSA) is 105 Å². The highest BCUT2D eigenvalue weighted by Gasteiger charge is 2.33. The van der Waals surface area contributed by atoms with E-state index in [2.05, 4.69) is 34.9 Å². The fourth-order valence-corrected chi connectivity index (χ4v) is 4.46. The maximum absolute atomic E-state index is 12.8. The van der Waals surface area contributed by atoms with Crippen molar-refractivity contribution in [1.82, 2.24) is 10.6 Å². The molecular weight excluding hydrogens is 444 g/mol. The van der Waals surface area contributed by atoms with E-state index in [4.69, 9.17) is 4.74 Å². The molecule has 0 aromatic heterocycles. The number of carboxylic acids is 1. The van der Waals surface area contributed by atoms with Gasteiger partial charge in [0, 0.05) is 18.4 Å². The highest BCUT2D eigenvalue weighted by molar-refractivity contribution is 5.84. The predicted octanol–water partition coefficient (Wildman–Crippen LogP) is 4.95. The number of hydrogen-bond donors (Lipinski definition) is 3. The lowest BCUT2D eigenvalue weighted by molar-refractivity contribution is -0.143. The maximum atomic E-state index is 12.8. The number of carboxylic acid groups (broad SMARTS) is 1. The van der Waals surface area contributed by atoms with E-state index in [0.29, 0.717) is 6.42 Å². The van der Waals surface area contributed by atoms with Gasteiger partial charge in [-0.05, 0) is 33.6 Å². The number of fused-ring (bicyclic) bond motifs is 3. The fourth-order valence-electron chi connectivity index (χ4n) is 4.46. The molecule has 7 nitrogen and oxygen atoms in total. The van der Waals surface area contributed by atoms with E-state index in [-0.39, 0.29) is 24.9 Å². The van der Waals surface area contributed by atoms with Crippen LogP contribution in [0.1, 0.15) is 64.5 Å². The number of ether oxygens (including phenoxy) is 1. The maximum Gasteiger partial charge on any atom is 0.407 e. The molecule has 0 bridgehead atoms. The van der Waals surface area contributed by atoms with Crippen LogP contribution < -0.4 is 10.6 Å². The molecule has 0 heterocycles. The highest BCUT2D eigenvalue weighted by Crippen LogP contribution is 2.44. The van der Waals surface area contributed by atoms with Crippen LogP contribution >= 0.6 is 0 Å². The molecule has 2 unspecified atom stereocenters. The summed E-state index contributed by atoms with van der Waals surface area (Å²) in [6.07, 6.45) is -0.0254. The Hall–Kier alpha value is -3.35. The molecule has 35 heavy (non-hydrogen) atoms. The van der Waals surface area contributed by atoms with Gasteiger partial charge < -0.3 is 20.5 Å². The molecule has 0 saturated heterocycles. The zero-order valence-electron chi connectivity index (χ0n) is 21.1. The van der Waals surface area contributed by atoms with Crippen molar-refractivity contribution in [1.29, 1.82) is 0 Å². The van der Waals surface area contributed by atoms with Crippen molar-refractivity contribution in [3.8, 4) is 11.1 Å². The Morgan fingerprint density at radius 2 is 1.51 bits per heavy atom. The van der Waals surface area contributed by atoms with E-state index in [1.165, 1.54) is 0 Å². The lowest BCUT2D eigenvalue weighted by Crippen LogP contribution is -2.50. The normalized spacial score (nSPS) is 15.3. The second kappa shape index (κ2) is 10.9. The van der Waals surface area contributed by atoms with Crippen molar-refractivity contribution in [3.63, 3.8) is 0 Å². The molecule has 1 aliphatic rings. The third-order valence-electron chi connectivity index (χ3n) is 6.87. The molecule has 3 rings (SSSR count). The first-order valence-electron chi connectivity index (χ1n) is 12.2. The summed E-state index contributed by atoms with van der Waals surface area (Å²) in [7, 11) is 0. The molecule has 3 atom stereocenters. The first-order valence-corrected chi connectivity index (χ1v) is 12.2. The van der Waals surface area contributed by atoms with Gasteiger partial charge in [-0.3, -0.25) is 4.79 Å². The summed E-state index contributed by atoms with van der Waals surface area (Å²) >= 11 is 0. The van der Waals surface area contributed by atoms with E-state index in [1.807, 2.05) is 52.0 Å². The van der Waals surface area contributed by atoms with Crippen LogP contribution in [0.2, 0.25) is 0 Å². The van der Waals surface area contributed by atoms with Crippen molar-refractivity contribution in [2.24, 2.45) is 11.3 Å². The van der Waals surface area contributed by atoms with E-state index in [1.54, 1.807) is 6.92 Å². The van der Waals surface area contributed by atoms with Crippen LogP contribution in [0.3, 0.4) is 0 Å². The number of benzene rings is 2. The zero-order chi connectivity index (χ0) is 25.8. The van der Waals surface area contributed by atoms with Gasteiger partial charge in [0.1, 0.15) is 12.6 Å². The van der Waals surface area contributed by atoms with E-state index >= 15 is 0 Å². The van der Waals surface area contributed by atoms with Gasteiger partial charge in [-0.25, -0.2) is 9.59 Å². The molecule has 0 fully saturated rings. The summed E-state index contributed by atoms with van der Waals surface area (Å²) in [4.78, 5) is 37.1. The summed E-state index contributed by atoms with van der Waals surface area (Å²) in [5.41, 5.74) is 4.10. The van der Waals surface area contributed by atoms with Gasteiger partial charge in [-0.1, -0.05) is 89.6 Å².